The Labute approximate surface area is 347 Å². The number of ether oxygens (including phenoxy) is 2. The summed E-state index contributed by atoms with van der Waals surface area (Å²) < 4.78 is 10.9. The van der Waals surface area contributed by atoms with Crippen molar-refractivity contribution in [2.45, 2.75) is 206 Å². The van der Waals surface area contributed by atoms with Crippen molar-refractivity contribution in [2.24, 2.45) is 23.7 Å². The molecule has 2 aliphatic rings. The van der Waals surface area contributed by atoms with Crippen molar-refractivity contribution >= 4 is 11.9 Å². The smallest absolute Gasteiger partial charge is 0.306 e. The molecule has 0 saturated heterocycles. The minimum Gasteiger partial charge on any atom is -0.461 e. The quantitative estimate of drug-likeness (QED) is 0.0362. The first-order valence-electron chi connectivity index (χ1n) is 24.4. The zero-order valence-electron chi connectivity index (χ0n) is 37.6. The number of nitrogens with zero attached hydrogens (tertiary/aromatic N) is 2. The summed E-state index contributed by atoms with van der Waals surface area (Å²) in [7, 11) is 4.35. The van der Waals surface area contributed by atoms with E-state index in [0.29, 0.717) is 37.9 Å². The largest absolute Gasteiger partial charge is 0.461 e. The summed E-state index contributed by atoms with van der Waals surface area (Å²) in [6.07, 6.45) is 45.5. The highest BCUT2D eigenvalue weighted by Crippen LogP contribution is 2.33. The molecule has 2 rings (SSSR count). The van der Waals surface area contributed by atoms with Gasteiger partial charge >= 0.3 is 11.9 Å². The molecule has 6 nitrogen and oxygen atoms in total. The van der Waals surface area contributed by atoms with E-state index in [4.69, 9.17) is 9.47 Å². The number of rotatable bonds is 35. The second-order valence-electron chi connectivity index (χ2n) is 18.2. The second kappa shape index (κ2) is 35.3. The molecule has 0 bridgehead atoms. The van der Waals surface area contributed by atoms with Crippen molar-refractivity contribution in [3.05, 3.63) is 24.3 Å². The number of unbranched alkanes of at least 4 members (excludes halogenated alkanes) is 13. The SMILES string of the molecule is CCCC1CCC(C=CCOC(=O)CCCCCCCCCN(CCCCCCCCCC(=O)OCC=CC2CCC(CCC)CC2)CCCCN(C)C)CC1. The van der Waals surface area contributed by atoms with Gasteiger partial charge in [0.1, 0.15) is 13.2 Å². The highest BCUT2D eigenvalue weighted by molar-refractivity contribution is 5.69. The van der Waals surface area contributed by atoms with Gasteiger partial charge in [-0.1, -0.05) is 128 Å². The van der Waals surface area contributed by atoms with Crippen LogP contribution in [-0.2, 0) is 19.1 Å². The zero-order chi connectivity index (χ0) is 40.3. The predicted octanol–water partition coefficient (Wildman–Crippen LogP) is 13.3. The molecular weight excluding hydrogens is 693 g/mol. The maximum atomic E-state index is 12.2. The van der Waals surface area contributed by atoms with Gasteiger partial charge in [-0.15, -0.1) is 0 Å². The van der Waals surface area contributed by atoms with Gasteiger partial charge in [0.25, 0.3) is 0 Å². The Balaban J connectivity index is 1.42. The van der Waals surface area contributed by atoms with E-state index in [0.717, 1.165) is 37.5 Å². The van der Waals surface area contributed by atoms with Crippen LogP contribution in [-0.4, -0.2) is 75.2 Å². The Morgan fingerprint density at radius 2 is 0.821 bits per heavy atom. The van der Waals surface area contributed by atoms with Crippen LogP contribution < -0.4 is 0 Å². The Kier molecular flexibility index (Phi) is 31.8. The number of carbonyl (C=O) groups is 2. The van der Waals surface area contributed by atoms with Gasteiger partial charge < -0.3 is 19.3 Å². The molecule has 0 aliphatic heterocycles. The molecule has 326 valence electrons. The molecule has 0 radical (unpaired) electrons. The minimum atomic E-state index is -0.0330. The average molecular weight is 785 g/mol. The topological polar surface area (TPSA) is 59.1 Å². The van der Waals surface area contributed by atoms with Crippen LogP contribution in [0.25, 0.3) is 0 Å². The molecule has 0 heterocycles. The van der Waals surface area contributed by atoms with Crippen molar-refractivity contribution in [1.29, 1.82) is 0 Å². The van der Waals surface area contributed by atoms with Gasteiger partial charge in [0.2, 0.25) is 0 Å². The van der Waals surface area contributed by atoms with Gasteiger partial charge in [-0.05, 0) is 154 Å². The van der Waals surface area contributed by atoms with Crippen LogP contribution in [0.15, 0.2) is 24.3 Å². The molecule has 0 unspecified atom stereocenters. The van der Waals surface area contributed by atoms with Crippen molar-refractivity contribution in [3.63, 3.8) is 0 Å². The number of hydrogen-bond donors (Lipinski definition) is 0. The molecule has 0 aromatic heterocycles. The second-order valence-corrected chi connectivity index (χ2v) is 18.2. The molecule has 2 saturated carbocycles. The Morgan fingerprint density at radius 3 is 1.20 bits per heavy atom. The molecular formula is C50H92N2O4. The summed E-state index contributed by atoms with van der Waals surface area (Å²) in [5, 5.41) is 0. The van der Waals surface area contributed by atoms with Crippen LogP contribution >= 0.6 is 0 Å². The number of hydrogen-bond acceptors (Lipinski definition) is 6. The van der Waals surface area contributed by atoms with Gasteiger partial charge in [-0.3, -0.25) is 9.59 Å². The zero-order valence-corrected chi connectivity index (χ0v) is 37.6. The minimum absolute atomic E-state index is 0.0330. The van der Waals surface area contributed by atoms with Gasteiger partial charge in [-0.2, -0.15) is 0 Å². The first-order chi connectivity index (χ1) is 27.4. The normalized spacial score (nSPS) is 20.5. The van der Waals surface area contributed by atoms with Crippen LogP contribution in [0.4, 0.5) is 0 Å². The van der Waals surface area contributed by atoms with E-state index in [2.05, 4.69) is 62.0 Å². The standard InChI is InChI=1S/C50H92N2O4/c1-5-25-45-31-35-47(36-32-45)27-23-43-55-49(53)29-17-13-9-7-11-15-19-40-52(42-22-21-39-51(3)4)41-20-16-12-8-10-14-18-30-50(54)56-44-24-28-48-37-33-46(26-6-2)34-38-48/h23-24,27-28,45-48H,5-22,25-26,29-44H2,1-4H3. The Bertz CT molecular complexity index is 910. The molecule has 2 fully saturated rings. The third-order valence-electron chi connectivity index (χ3n) is 12.7. The van der Waals surface area contributed by atoms with Crippen molar-refractivity contribution in [1.82, 2.24) is 9.80 Å². The lowest BCUT2D eigenvalue weighted by Gasteiger charge is -2.26. The van der Waals surface area contributed by atoms with E-state index in [9.17, 15) is 9.59 Å². The van der Waals surface area contributed by atoms with Gasteiger partial charge in [0, 0.05) is 12.8 Å². The fourth-order valence-electron chi connectivity index (χ4n) is 9.15. The first kappa shape index (κ1) is 50.5. The number of esters is 2. The third kappa shape index (κ3) is 28.7. The van der Waals surface area contributed by atoms with Crippen LogP contribution in [0.3, 0.4) is 0 Å². The maximum absolute atomic E-state index is 12.2. The van der Waals surface area contributed by atoms with E-state index < -0.39 is 0 Å². The summed E-state index contributed by atoms with van der Waals surface area (Å²) in [6, 6.07) is 0. The lowest BCUT2D eigenvalue weighted by molar-refractivity contribution is -0.143. The molecule has 0 aromatic rings. The highest BCUT2D eigenvalue weighted by atomic mass is 16.5. The highest BCUT2D eigenvalue weighted by Gasteiger charge is 2.19. The molecule has 0 amide bonds. The number of carbonyl (C=O) groups excluding carboxylic acids is 2. The van der Waals surface area contributed by atoms with E-state index in [1.807, 2.05) is 0 Å². The molecule has 56 heavy (non-hydrogen) atoms. The Hall–Kier alpha value is -1.66. The first-order valence-corrected chi connectivity index (χ1v) is 24.4. The van der Waals surface area contributed by atoms with Gasteiger partial charge in [0.05, 0.1) is 0 Å². The monoisotopic (exact) mass is 785 g/mol. The van der Waals surface area contributed by atoms with Gasteiger partial charge in [-0.25, -0.2) is 0 Å². The maximum Gasteiger partial charge on any atom is 0.306 e. The van der Waals surface area contributed by atoms with Crippen molar-refractivity contribution < 1.29 is 19.1 Å². The van der Waals surface area contributed by atoms with E-state index >= 15 is 0 Å². The van der Waals surface area contributed by atoms with Crippen LogP contribution in [0.5, 0.6) is 0 Å². The van der Waals surface area contributed by atoms with Crippen molar-refractivity contribution in [3.8, 4) is 0 Å². The molecule has 0 atom stereocenters. The molecule has 2 aliphatic carbocycles. The van der Waals surface area contributed by atoms with Crippen LogP contribution in [0.2, 0.25) is 0 Å². The molecule has 0 spiro atoms. The number of allylic oxidation sites excluding steroid dienone is 2. The van der Waals surface area contributed by atoms with Crippen LogP contribution in [0, 0.1) is 23.7 Å². The summed E-state index contributed by atoms with van der Waals surface area (Å²) >= 11 is 0. The predicted molar refractivity (Wildman–Crippen MR) is 239 cm³/mol. The van der Waals surface area contributed by atoms with E-state index in [1.54, 1.807) is 0 Å². The summed E-state index contributed by atoms with van der Waals surface area (Å²) in [4.78, 5) is 29.4. The average Bonchev–Trinajstić information content (AvgIpc) is 3.19. The summed E-state index contributed by atoms with van der Waals surface area (Å²) in [5.41, 5.74) is 0. The van der Waals surface area contributed by atoms with Crippen LogP contribution in [0.1, 0.15) is 206 Å². The lowest BCUT2D eigenvalue weighted by Crippen LogP contribution is -2.28. The Morgan fingerprint density at radius 1 is 0.482 bits per heavy atom. The van der Waals surface area contributed by atoms with E-state index in [1.165, 1.54) is 180 Å². The lowest BCUT2D eigenvalue weighted by atomic mass is 9.80. The van der Waals surface area contributed by atoms with E-state index in [-0.39, 0.29) is 11.9 Å². The van der Waals surface area contributed by atoms with Crippen molar-refractivity contribution in [2.75, 3.05) is 53.5 Å². The fourth-order valence-corrected chi connectivity index (χ4v) is 9.15. The molecule has 6 heteroatoms. The summed E-state index contributed by atoms with van der Waals surface area (Å²) in [6.45, 7) is 10.3. The molecule has 0 N–H and O–H groups in total. The molecule has 0 aromatic carbocycles. The fraction of sp³-hybridized carbons (Fsp3) is 0.880. The van der Waals surface area contributed by atoms with Gasteiger partial charge in [0.15, 0.2) is 0 Å². The third-order valence-corrected chi connectivity index (χ3v) is 12.7. The summed E-state index contributed by atoms with van der Waals surface area (Å²) in [5.74, 6) is 3.18.